The van der Waals surface area contributed by atoms with Crippen LogP contribution < -0.4 is 10.7 Å². The van der Waals surface area contributed by atoms with Gasteiger partial charge in [0.25, 0.3) is 0 Å². The van der Waals surface area contributed by atoms with Crippen LogP contribution >= 0.6 is 18.6 Å². The first kappa shape index (κ1) is 19.9. The molecule has 0 nitrogen and oxygen atoms in total. The van der Waals surface area contributed by atoms with Crippen LogP contribution in [0.15, 0.2) is 54.6 Å². The SMILES string of the molecule is Cc1ccc(C)[c]([Sn]([I])([c]2cc(C)ccc2C)[c]2cc(C)ccc2C)c1. The average molecular weight is 561 g/mol. The van der Waals surface area contributed by atoms with E-state index in [0.29, 0.717) is 0 Å². The van der Waals surface area contributed by atoms with Crippen LogP contribution in [-0.4, -0.2) is 14.4 Å². The quantitative estimate of drug-likeness (QED) is 0.314. The summed E-state index contributed by atoms with van der Waals surface area (Å²) in [5.41, 5.74) is 8.38. The van der Waals surface area contributed by atoms with E-state index in [-0.39, 0.29) is 0 Å². The first-order valence-corrected chi connectivity index (χ1v) is 21.7. The van der Waals surface area contributed by atoms with Crippen molar-refractivity contribution in [1.82, 2.24) is 0 Å². The van der Waals surface area contributed by atoms with Crippen molar-refractivity contribution in [2.24, 2.45) is 0 Å². The van der Waals surface area contributed by atoms with E-state index in [1.54, 1.807) is 10.7 Å². The van der Waals surface area contributed by atoms with E-state index < -0.39 is 14.4 Å². The Morgan fingerprint density at radius 1 is 0.500 bits per heavy atom. The summed E-state index contributed by atoms with van der Waals surface area (Å²) >= 11 is -0.213. The fraction of sp³-hybridized carbons (Fsp3) is 0.250. The summed E-state index contributed by atoms with van der Waals surface area (Å²) in [5.74, 6) is 0. The van der Waals surface area contributed by atoms with E-state index in [0.717, 1.165) is 0 Å². The Balaban J connectivity index is 2.45. The molecule has 0 unspecified atom stereocenters. The molecular weight excluding hydrogens is 534 g/mol. The molecule has 3 aromatic rings. The molecule has 0 aliphatic rings. The van der Waals surface area contributed by atoms with Crippen LogP contribution in [0, 0.1) is 41.5 Å². The molecule has 0 fully saturated rings. The van der Waals surface area contributed by atoms with Gasteiger partial charge in [0.1, 0.15) is 0 Å². The van der Waals surface area contributed by atoms with Gasteiger partial charge in [0.05, 0.1) is 0 Å². The number of hydrogen-bond acceptors (Lipinski definition) is 0. The summed E-state index contributed by atoms with van der Waals surface area (Å²) in [6, 6.07) is 21.0. The predicted molar refractivity (Wildman–Crippen MR) is 126 cm³/mol. The Labute approximate surface area is 172 Å². The minimum atomic E-state index is -3.12. The molecule has 0 aliphatic carbocycles. The summed E-state index contributed by atoms with van der Waals surface area (Å²) in [6.07, 6.45) is 0. The van der Waals surface area contributed by atoms with Crippen LogP contribution in [0.5, 0.6) is 0 Å². The minimum absolute atomic E-state index is 1.36. The second-order valence-electron chi connectivity index (χ2n) is 7.61. The zero-order valence-electron chi connectivity index (χ0n) is 16.6. The summed E-state index contributed by atoms with van der Waals surface area (Å²) in [7, 11) is 0. The van der Waals surface area contributed by atoms with Crippen LogP contribution in [0.1, 0.15) is 33.4 Å². The molecule has 0 amide bonds. The van der Waals surface area contributed by atoms with Gasteiger partial charge in [-0.1, -0.05) is 0 Å². The van der Waals surface area contributed by atoms with E-state index in [1.807, 2.05) is 0 Å². The molecule has 26 heavy (non-hydrogen) atoms. The topological polar surface area (TPSA) is 0 Å². The summed E-state index contributed by atoms with van der Waals surface area (Å²) in [4.78, 5) is 0. The first-order valence-electron chi connectivity index (χ1n) is 9.15. The monoisotopic (exact) mass is 562 g/mol. The molecule has 0 radical (unpaired) electrons. The van der Waals surface area contributed by atoms with Gasteiger partial charge in [-0.2, -0.15) is 0 Å². The van der Waals surface area contributed by atoms with Crippen molar-refractivity contribution in [3.8, 4) is 0 Å². The Morgan fingerprint density at radius 2 is 0.769 bits per heavy atom. The van der Waals surface area contributed by atoms with Crippen molar-refractivity contribution in [3.63, 3.8) is 0 Å². The molecule has 134 valence electrons. The van der Waals surface area contributed by atoms with Gasteiger partial charge in [-0.3, -0.25) is 0 Å². The van der Waals surface area contributed by atoms with Gasteiger partial charge in [0.15, 0.2) is 0 Å². The second kappa shape index (κ2) is 7.67. The number of halogens is 1. The number of rotatable bonds is 3. The predicted octanol–water partition coefficient (Wildman–Crippen LogP) is 4.94. The molecule has 0 heterocycles. The number of hydrogen-bond donors (Lipinski definition) is 0. The van der Waals surface area contributed by atoms with Crippen LogP contribution in [-0.2, 0) is 0 Å². The third-order valence-electron chi connectivity index (χ3n) is 5.29. The Hall–Kier alpha value is -0.811. The number of aryl methyl sites for hydroxylation is 6. The van der Waals surface area contributed by atoms with Gasteiger partial charge < -0.3 is 0 Å². The Morgan fingerprint density at radius 3 is 1.04 bits per heavy atom. The first-order chi connectivity index (χ1) is 12.2. The molecule has 0 saturated heterocycles. The molecule has 0 aromatic heterocycles. The number of benzene rings is 3. The molecular formula is C24H27ISn. The van der Waals surface area contributed by atoms with Crippen LogP contribution in [0.2, 0.25) is 0 Å². The van der Waals surface area contributed by atoms with Crippen molar-refractivity contribution in [2.45, 2.75) is 41.5 Å². The fourth-order valence-corrected chi connectivity index (χ4v) is 27.0. The standard InChI is InChI=1S/3C8H9.HI.Sn/c3*1-7-3-5-8(2)6-4-7;;/h3*3-5H,1-2H3;1H;/q;;;;+1/p-1. The van der Waals surface area contributed by atoms with Crippen molar-refractivity contribution in [2.75, 3.05) is 0 Å². The van der Waals surface area contributed by atoms with Crippen LogP contribution in [0.4, 0.5) is 0 Å². The summed E-state index contributed by atoms with van der Waals surface area (Å²) in [6.45, 7) is 13.5. The zero-order valence-corrected chi connectivity index (χ0v) is 21.6. The molecule has 0 saturated carbocycles. The maximum absolute atomic E-state index is 3.12. The maximum atomic E-state index is 2.91. The molecule has 0 N–H and O–H groups in total. The van der Waals surface area contributed by atoms with Gasteiger partial charge in [0, 0.05) is 0 Å². The summed E-state index contributed by atoms with van der Waals surface area (Å²) < 4.78 is 4.80. The third kappa shape index (κ3) is 3.62. The molecule has 0 spiro atoms. The van der Waals surface area contributed by atoms with Crippen LogP contribution in [0.3, 0.4) is 0 Å². The van der Waals surface area contributed by atoms with E-state index in [1.165, 1.54) is 33.4 Å². The molecule has 0 bridgehead atoms. The van der Waals surface area contributed by atoms with E-state index in [9.17, 15) is 0 Å². The van der Waals surface area contributed by atoms with Crippen molar-refractivity contribution in [1.29, 1.82) is 0 Å². The van der Waals surface area contributed by atoms with Gasteiger partial charge >= 0.3 is 173 Å². The van der Waals surface area contributed by atoms with E-state index in [4.69, 9.17) is 0 Å². The van der Waals surface area contributed by atoms with Gasteiger partial charge in [-0.25, -0.2) is 0 Å². The van der Waals surface area contributed by atoms with Gasteiger partial charge in [0.2, 0.25) is 0 Å². The van der Waals surface area contributed by atoms with Crippen LogP contribution in [0.25, 0.3) is 0 Å². The van der Waals surface area contributed by atoms with E-state index in [2.05, 4.69) is 115 Å². The van der Waals surface area contributed by atoms with Crippen molar-refractivity contribution < 1.29 is 0 Å². The molecule has 0 aliphatic heterocycles. The van der Waals surface area contributed by atoms with E-state index >= 15 is 0 Å². The second-order valence-corrected chi connectivity index (χ2v) is 26.8. The summed E-state index contributed by atoms with van der Waals surface area (Å²) in [5, 5.41) is 0. The van der Waals surface area contributed by atoms with Crippen molar-refractivity contribution >= 4 is 43.8 Å². The Bertz CT molecular complexity index is 847. The van der Waals surface area contributed by atoms with Gasteiger partial charge in [-0.15, -0.1) is 0 Å². The molecule has 3 rings (SSSR count). The molecule has 0 atom stereocenters. The normalized spacial score (nSPS) is 11.7. The average Bonchev–Trinajstić information content (AvgIpc) is 2.60. The molecule has 2 heteroatoms. The Kier molecular flexibility index (Phi) is 5.88. The van der Waals surface area contributed by atoms with Crippen molar-refractivity contribution in [3.05, 3.63) is 88.0 Å². The van der Waals surface area contributed by atoms with Gasteiger partial charge in [-0.05, 0) is 0 Å². The molecule has 3 aromatic carbocycles. The zero-order chi connectivity index (χ0) is 19.1. The third-order valence-corrected chi connectivity index (χ3v) is 28.0. The fourth-order valence-electron chi connectivity index (χ4n) is 3.76.